The molecule has 1 rings (SSSR count). The predicted molar refractivity (Wildman–Crippen MR) is 59.0 cm³/mol. The molecule has 0 fully saturated rings. The molecule has 0 spiro atoms. The largest absolute Gasteiger partial charge is 0.397 e. The molecule has 2 N–H and O–H groups in total. The van der Waals surface area contributed by atoms with Gasteiger partial charge in [-0.1, -0.05) is 19.4 Å². The normalized spacial score (nSPS) is 10.2. The summed E-state index contributed by atoms with van der Waals surface area (Å²) in [5, 5.41) is 0. The maximum atomic E-state index is 13.4. The molecule has 3 heteroatoms. The molecular weight excluding hydrogens is 179 g/mol. The van der Waals surface area contributed by atoms with Gasteiger partial charge in [0.15, 0.2) is 0 Å². The molecule has 2 nitrogen and oxygen atoms in total. The van der Waals surface area contributed by atoms with Gasteiger partial charge in [-0.2, -0.15) is 0 Å². The molecule has 0 radical (unpaired) electrons. The van der Waals surface area contributed by atoms with E-state index in [1.54, 1.807) is 12.1 Å². The van der Waals surface area contributed by atoms with Crippen LogP contribution in [0.15, 0.2) is 18.2 Å². The summed E-state index contributed by atoms with van der Waals surface area (Å²) < 4.78 is 13.4. The lowest BCUT2D eigenvalue weighted by molar-refractivity contribution is 0.620. The summed E-state index contributed by atoms with van der Waals surface area (Å²) in [6.07, 6.45) is 2.14. The number of anilines is 2. The van der Waals surface area contributed by atoms with Crippen LogP contribution >= 0.6 is 0 Å². The van der Waals surface area contributed by atoms with Crippen molar-refractivity contribution in [1.29, 1.82) is 0 Å². The molecule has 0 aliphatic rings. The first-order chi connectivity index (χ1) is 6.66. The number of nitrogens with zero attached hydrogens (tertiary/aromatic N) is 1. The lowest BCUT2D eigenvalue weighted by atomic mass is 10.2. The van der Waals surface area contributed by atoms with Gasteiger partial charge in [0.25, 0.3) is 0 Å². The van der Waals surface area contributed by atoms with Crippen molar-refractivity contribution in [3.63, 3.8) is 0 Å². The van der Waals surface area contributed by atoms with Crippen molar-refractivity contribution in [3.8, 4) is 0 Å². The van der Waals surface area contributed by atoms with Crippen molar-refractivity contribution in [2.75, 3.05) is 24.2 Å². The first kappa shape index (κ1) is 10.8. The Morgan fingerprint density at radius 1 is 1.43 bits per heavy atom. The average molecular weight is 196 g/mol. The minimum atomic E-state index is -0.247. The molecule has 1 aromatic rings. The van der Waals surface area contributed by atoms with Gasteiger partial charge in [-0.25, -0.2) is 4.39 Å². The van der Waals surface area contributed by atoms with Gasteiger partial charge in [-0.3, -0.25) is 0 Å². The third-order valence-electron chi connectivity index (χ3n) is 2.25. The number of para-hydroxylation sites is 1. The second kappa shape index (κ2) is 4.84. The Balaban J connectivity index is 2.82. The highest BCUT2D eigenvalue weighted by Crippen LogP contribution is 2.25. The summed E-state index contributed by atoms with van der Waals surface area (Å²) in [5.74, 6) is -0.247. The van der Waals surface area contributed by atoms with Crippen molar-refractivity contribution in [1.82, 2.24) is 0 Å². The van der Waals surface area contributed by atoms with E-state index < -0.39 is 0 Å². The molecule has 0 aromatic heterocycles. The lowest BCUT2D eigenvalue weighted by Crippen LogP contribution is -2.20. The third kappa shape index (κ3) is 2.37. The van der Waals surface area contributed by atoms with Gasteiger partial charge in [0.2, 0.25) is 0 Å². The van der Waals surface area contributed by atoms with E-state index >= 15 is 0 Å². The Hall–Kier alpha value is -1.25. The Kier molecular flexibility index (Phi) is 3.74. The lowest BCUT2D eigenvalue weighted by Gasteiger charge is -2.21. The number of unbranched alkanes of at least 4 members (excludes halogenated alkanes) is 1. The van der Waals surface area contributed by atoms with E-state index in [1.807, 2.05) is 11.9 Å². The van der Waals surface area contributed by atoms with Crippen LogP contribution in [0.2, 0.25) is 0 Å². The quantitative estimate of drug-likeness (QED) is 0.750. The highest BCUT2D eigenvalue weighted by Gasteiger charge is 2.09. The maximum absolute atomic E-state index is 13.4. The van der Waals surface area contributed by atoms with Crippen LogP contribution in [0.25, 0.3) is 0 Å². The van der Waals surface area contributed by atoms with Crippen LogP contribution in [0.1, 0.15) is 19.8 Å². The Morgan fingerprint density at radius 3 is 2.71 bits per heavy atom. The van der Waals surface area contributed by atoms with Crippen molar-refractivity contribution < 1.29 is 4.39 Å². The van der Waals surface area contributed by atoms with Crippen molar-refractivity contribution in [3.05, 3.63) is 24.0 Å². The fraction of sp³-hybridized carbons (Fsp3) is 0.455. The highest BCUT2D eigenvalue weighted by molar-refractivity contribution is 5.67. The minimum Gasteiger partial charge on any atom is -0.397 e. The van der Waals surface area contributed by atoms with E-state index in [0.717, 1.165) is 19.4 Å². The van der Waals surface area contributed by atoms with Gasteiger partial charge in [0.05, 0.1) is 11.4 Å². The van der Waals surface area contributed by atoms with Crippen LogP contribution in [0, 0.1) is 5.82 Å². The van der Waals surface area contributed by atoms with Gasteiger partial charge in [0, 0.05) is 13.6 Å². The monoisotopic (exact) mass is 196 g/mol. The number of rotatable bonds is 4. The molecule has 0 unspecified atom stereocenters. The van der Waals surface area contributed by atoms with Gasteiger partial charge in [-0.05, 0) is 18.6 Å². The number of hydrogen-bond acceptors (Lipinski definition) is 2. The van der Waals surface area contributed by atoms with Gasteiger partial charge < -0.3 is 10.6 Å². The number of nitrogen functional groups attached to an aromatic ring is 1. The number of hydrogen-bond donors (Lipinski definition) is 1. The van der Waals surface area contributed by atoms with E-state index in [9.17, 15) is 4.39 Å². The van der Waals surface area contributed by atoms with Gasteiger partial charge >= 0.3 is 0 Å². The van der Waals surface area contributed by atoms with Crippen LogP contribution in [0.3, 0.4) is 0 Å². The summed E-state index contributed by atoms with van der Waals surface area (Å²) in [4.78, 5) is 1.87. The summed E-state index contributed by atoms with van der Waals surface area (Å²) >= 11 is 0. The van der Waals surface area contributed by atoms with Crippen LogP contribution in [-0.2, 0) is 0 Å². The van der Waals surface area contributed by atoms with Gasteiger partial charge in [0.1, 0.15) is 5.82 Å². The zero-order valence-corrected chi connectivity index (χ0v) is 8.76. The molecule has 0 heterocycles. The Bertz CT molecular complexity index is 279. The summed E-state index contributed by atoms with van der Waals surface area (Å²) in [5.41, 5.74) is 6.73. The number of halogens is 1. The fourth-order valence-corrected chi connectivity index (χ4v) is 1.44. The first-order valence-electron chi connectivity index (χ1n) is 4.92. The maximum Gasteiger partial charge on any atom is 0.148 e. The van der Waals surface area contributed by atoms with Crippen LogP contribution < -0.4 is 10.6 Å². The Morgan fingerprint density at radius 2 is 2.14 bits per heavy atom. The molecule has 14 heavy (non-hydrogen) atoms. The van der Waals surface area contributed by atoms with E-state index in [0.29, 0.717) is 11.4 Å². The standard InChI is InChI=1S/C11H17FN2/c1-3-4-8-14(2)11-9(12)6-5-7-10(11)13/h5-7H,3-4,8,13H2,1-2H3. The molecule has 0 aliphatic carbocycles. The zero-order valence-electron chi connectivity index (χ0n) is 8.76. The second-order valence-corrected chi connectivity index (χ2v) is 3.45. The molecular formula is C11H17FN2. The zero-order chi connectivity index (χ0) is 10.6. The van der Waals surface area contributed by atoms with E-state index in [4.69, 9.17) is 5.73 Å². The van der Waals surface area contributed by atoms with Crippen LogP contribution in [-0.4, -0.2) is 13.6 Å². The van der Waals surface area contributed by atoms with E-state index in [-0.39, 0.29) is 5.82 Å². The molecule has 0 bridgehead atoms. The fourth-order valence-electron chi connectivity index (χ4n) is 1.44. The van der Waals surface area contributed by atoms with Crippen LogP contribution in [0.5, 0.6) is 0 Å². The van der Waals surface area contributed by atoms with Gasteiger partial charge in [-0.15, -0.1) is 0 Å². The molecule has 0 saturated heterocycles. The number of benzene rings is 1. The second-order valence-electron chi connectivity index (χ2n) is 3.45. The molecule has 0 aliphatic heterocycles. The summed E-state index contributed by atoms with van der Waals surface area (Å²) in [6, 6.07) is 4.79. The number of nitrogens with two attached hydrogens (primary N) is 1. The first-order valence-corrected chi connectivity index (χ1v) is 4.92. The average Bonchev–Trinajstić information content (AvgIpc) is 2.14. The molecule has 0 amide bonds. The van der Waals surface area contributed by atoms with Crippen molar-refractivity contribution >= 4 is 11.4 Å². The SMILES string of the molecule is CCCCN(C)c1c(N)cccc1F. The smallest absolute Gasteiger partial charge is 0.148 e. The summed E-state index contributed by atoms with van der Waals surface area (Å²) in [7, 11) is 1.87. The van der Waals surface area contributed by atoms with Crippen molar-refractivity contribution in [2.45, 2.75) is 19.8 Å². The predicted octanol–water partition coefficient (Wildman–Crippen LogP) is 2.64. The molecule has 0 atom stereocenters. The molecule has 0 saturated carbocycles. The van der Waals surface area contributed by atoms with E-state index in [2.05, 4.69) is 6.92 Å². The summed E-state index contributed by atoms with van der Waals surface area (Å²) in [6.45, 7) is 2.94. The molecule has 78 valence electrons. The third-order valence-corrected chi connectivity index (χ3v) is 2.25. The topological polar surface area (TPSA) is 29.3 Å². The van der Waals surface area contributed by atoms with E-state index in [1.165, 1.54) is 6.07 Å². The van der Waals surface area contributed by atoms with Crippen LogP contribution in [0.4, 0.5) is 15.8 Å². The minimum absolute atomic E-state index is 0.247. The van der Waals surface area contributed by atoms with Crippen molar-refractivity contribution in [2.24, 2.45) is 0 Å². The Labute approximate surface area is 84.5 Å². The highest BCUT2D eigenvalue weighted by atomic mass is 19.1. The molecule has 1 aromatic carbocycles.